The largest absolute Gasteiger partial charge is 0.338 e. The summed E-state index contributed by atoms with van der Waals surface area (Å²) in [6.07, 6.45) is 5.33. The quantitative estimate of drug-likeness (QED) is 0.859. The van der Waals surface area contributed by atoms with Gasteiger partial charge >= 0.3 is 0 Å². The average Bonchev–Trinajstić information content (AvgIpc) is 3.34. The number of hydrogen-bond acceptors (Lipinski definition) is 3. The summed E-state index contributed by atoms with van der Waals surface area (Å²) in [7, 11) is 2.11. The maximum atomic E-state index is 12.3. The number of rotatable bonds is 4. The molecule has 5 heteroatoms. The molecule has 2 aliphatic rings. The maximum Gasteiger partial charge on any atom is 0.222 e. The molecule has 2 unspecified atom stereocenters. The molecule has 1 amide bonds. The van der Waals surface area contributed by atoms with Crippen LogP contribution >= 0.6 is 0 Å². The molecule has 2 fully saturated rings. The second kappa shape index (κ2) is 6.79. The minimum atomic E-state index is 0.317. The van der Waals surface area contributed by atoms with Crippen molar-refractivity contribution in [3.8, 4) is 0 Å². The van der Waals surface area contributed by atoms with Crippen LogP contribution in [0.2, 0.25) is 0 Å². The molecule has 4 rings (SSSR count). The van der Waals surface area contributed by atoms with Gasteiger partial charge in [0.2, 0.25) is 5.91 Å². The number of amides is 1. The predicted molar refractivity (Wildman–Crippen MR) is 99.2 cm³/mol. The summed E-state index contributed by atoms with van der Waals surface area (Å²) < 4.78 is 2.22. The van der Waals surface area contributed by atoms with Crippen LogP contribution in [0.4, 0.5) is 0 Å². The second-order valence-electron chi connectivity index (χ2n) is 7.41. The monoisotopic (exact) mass is 340 g/mol. The van der Waals surface area contributed by atoms with Crippen LogP contribution in [0, 0.1) is 0 Å². The maximum absolute atomic E-state index is 12.3. The van der Waals surface area contributed by atoms with Crippen molar-refractivity contribution in [1.29, 1.82) is 0 Å². The molecular formula is C20H28N4O. The Morgan fingerprint density at radius 2 is 1.92 bits per heavy atom. The Labute approximate surface area is 149 Å². The van der Waals surface area contributed by atoms with Crippen LogP contribution in [0.1, 0.15) is 44.9 Å². The molecule has 3 heterocycles. The van der Waals surface area contributed by atoms with Crippen molar-refractivity contribution in [3.63, 3.8) is 0 Å². The van der Waals surface area contributed by atoms with Crippen molar-refractivity contribution in [2.75, 3.05) is 13.1 Å². The fraction of sp³-hybridized carbons (Fsp3) is 0.600. The number of likely N-dealkylation sites (tertiary alicyclic amines) is 2. The van der Waals surface area contributed by atoms with E-state index in [2.05, 4.69) is 39.6 Å². The van der Waals surface area contributed by atoms with Gasteiger partial charge in [-0.25, -0.2) is 4.98 Å². The number of carbonyl (C=O) groups is 1. The first kappa shape index (κ1) is 16.6. The summed E-state index contributed by atoms with van der Waals surface area (Å²) in [5.41, 5.74) is 2.26. The normalized spacial score (nSPS) is 24.5. The molecule has 2 saturated heterocycles. The topological polar surface area (TPSA) is 41.4 Å². The first-order valence-corrected chi connectivity index (χ1v) is 9.63. The third kappa shape index (κ3) is 2.95. The molecule has 0 radical (unpaired) electrons. The molecule has 2 aromatic rings. The van der Waals surface area contributed by atoms with Crippen molar-refractivity contribution < 1.29 is 4.79 Å². The van der Waals surface area contributed by atoms with Gasteiger partial charge in [-0.3, -0.25) is 9.69 Å². The van der Waals surface area contributed by atoms with E-state index in [0.29, 0.717) is 24.4 Å². The molecule has 0 bridgehead atoms. The first-order valence-electron chi connectivity index (χ1n) is 9.63. The summed E-state index contributed by atoms with van der Waals surface area (Å²) in [6.45, 7) is 4.90. The van der Waals surface area contributed by atoms with E-state index in [1.165, 1.54) is 18.4 Å². The fourth-order valence-corrected chi connectivity index (χ4v) is 4.71. The standard InChI is InChI=1S/C20H28N4O/c1-3-20(25)24-13-7-11-18(24)17-10-6-12-23(17)14-19-21-15-8-4-5-9-16(15)22(19)2/h4-5,8-9,17-18H,3,6-7,10-14H2,1-2H3. The molecule has 2 aliphatic heterocycles. The van der Waals surface area contributed by atoms with Crippen molar-refractivity contribution in [3.05, 3.63) is 30.1 Å². The summed E-state index contributed by atoms with van der Waals surface area (Å²) in [5.74, 6) is 1.44. The molecule has 0 aliphatic carbocycles. The molecule has 1 aromatic heterocycles. The van der Waals surface area contributed by atoms with Crippen LogP contribution in [0.15, 0.2) is 24.3 Å². The van der Waals surface area contributed by atoms with Crippen LogP contribution in [0.3, 0.4) is 0 Å². The SMILES string of the molecule is CCC(=O)N1CCCC1C1CCCN1Cc1nc2ccccc2n1C. The van der Waals surface area contributed by atoms with E-state index >= 15 is 0 Å². The van der Waals surface area contributed by atoms with Gasteiger partial charge in [0.15, 0.2) is 0 Å². The molecule has 0 N–H and O–H groups in total. The summed E-state index contributed by atoms with van der Waals surface area (Å²) in [6, 6.07) is 9.21. The summed E-state index contributed by atoms with van der Waals surface area (Å²) in [5, 5.41) is 0. The Morgan fingerprint density at radius 3 is 2.72 bits per heavy atom. The number of nitrogens with zero attached hydrogens (tertiary/aromatic N) is 4. The highest BCUT2D eigenvalue weighted by atomic mass is 16.2. The van der Waals surface area contributed by atoms with Crippen LogP contribution in [-0.2, 0) is 18.4 Å². The lowest BCUT2D eigenvalue weighted by Gasteiger charge is -2.34. The minimum Gasteiger partial charge on any atom is -0.338 e. The van der Waals surface area contributed by atoms with Gasteiger partial charge in [-0.2, -0.15) is 0 Å². The van der Waals surface area contributed by atoms with Gasteiger partial charge in [-0.15, -0.1) is 0 Å². The number of aryl methyl sites for hydroxylation is 1. The van der Waals surface area contributed by atoms with E-state index in [4.69, 9.17) is 4.98 Å². The molecule has 1 aromatic carbocycles. The van der Waals surface area contributed by atoms with E-state index in [1.807, 2.05) is 13.0 Å². The molecule has 134 valence electrons. The lowest BCUT2D eigenvalue weighted by molar-refractivity contribution is -0.132. The van der Waals surface area contributed by atoms with E-state index in [-0.39, 0.29) is 0 Å². The molecule has 2 atom stereocenters. The first-order chi connectivity index (χ1) is 12.2. The Balaban J connectivity index is 1.55. The number of carbonyl (C=O) groups excluding carboxylic acids is 1. The Morgan fingerprint density at radius 1 is 1.16 bits per heavy atom. The third-order valence-corrected chi connectivity index (χ3v) is 6.00. The Hall–Kier alpha value is -1.88. The predicted octanol–water partition coefficient (Wildman–Crippen LogP) is 2.94. The van der Waals surface area contributed by atoms with Gasteiger partial charge in [0.25, 0.3) is 0 Å². The number of para-hydroxylation sites is 2. The van der Waals surface area contributed by atoms with E-state index in [9.17, 15) is 4.79 Å². The van der Waals surface area contributed by atoms with Crippen molar-refractivity contribution >= 4 is 16.9 Å². The average molecular weight is 340 g/mol. The Kier molecular flexibility index (Phi) is 4.50. The van der Waals surface area contributed by atoms with Gasteiger partial charge in [0.1, 0.15) is 5.82 Å². The van der Waals surface area contributed by atoms with Crippen molar-refractivity contribution in [1.82, 2.24) is 19.4 Å². The lowest BCUT2D eigenvalue weighted by atomic mass is 10.0. The molecule has 25 heavy (non-hydrogen) atoms. The van der Waals surface area contributed by atoms with E-state index in [0.717, 1.165) is 43.8 Å². The minimum absolute atomic E-state index is 0.317. The van der Waals surface area contributed by atoms with Gasteiger partial charge in [-0.05, 0) is 44.4 Å². The number of aromatic nitrogens is 2. The second-order valence-corrected chi connectivity index (χ2v) is 7.41. The van der Waals surface area contributed by atoms with Gasteiger partial charge < -0.3 is 9.47 Å². The number of benzene rings is 1. The molecule has 5 nitrogen and oxygen atoms in total. The van der Waals surface area contributed by atoms with E-state index < -0.39 is 0 Å². The van der Waals surface area contributed by atoms with Crippen LogP contribution in [0.25, 0.3) is 11.0 Å². The smallest absolute Gasteiger partial charge is 0.222 e. The van der Waals surface area contributed by atoms with Crippen molar-refractivity contribution in [2.24, 2.45) is 7.05 Å². The zero-order valence-electron chi connectivity index (χ0n) is 15.3. The van der Waals surface area contributed by atoms with Crippen LogP contribution < -0.4 is 0 Å². The zero-order valence-corrected chi connectivity index (χ0v) is 15.3. The lowest BCUT2D eigenvalue weighted by Crippen LogP contribution is -2.48. The molecule has 0 spiro atoms. The van der Waals surface area contributed by atoms with Gasteiger partial charge in [0.05, 0.1) is 17.6 Å². The highest BCUT2D eigenvalue weighted by Gasteiger charge is 2.39. The summed E-state index contributed by atoms with van der Waals surface area (Å²) in [4.78, 5) is 21.9. The highest BCUT2D eigenvalue weighted by molar-refractivity contribution is 5.76. The van der Waals surface area contributed by atoms with Crippen LogP contribution in [0.5, 0.6) is 0 Å². The molecular weight excluding hydrogens is 312 g/mol. The Bertz CT molecular complexity index is 768. The number of fused-ring (bicyclic) bond motifs is 1. The van der Waals surface area contributed by atoms with Gasteiger partial charge in [0, 0.05) is 32.1 Å². The zero-order chi connectivity index (χ0) is 17.4. The van der Waals surface area contributed by atoms with E-state index in [1.54, 1.807) is 0 Å². The third-order valence-electron chi connectivity index (χ3n) is 6.00. The highest BCUT2D eigenvalue weighted by Crippen LogP contribution is 2.31. The fourth-order valence-electron chi connectivity index (χ4n) is 4.71. The summed E-state index contributed by atoms with van der Waals surface area (Å²) >= 11 is 0. The number of imidazole rings is 1. The van der Waals surface area contributed by atoms with Crippen molar-refractivity contribution in [2.45, 2.75) is 57.7 Å². The number of hydrogen-bond donors (Lipinski definition) is 0. The van der Waals surface area contributed by atoms with Crippen LogP contribution in [-0.4, -0.2) is 50.4 Å². The van der Waals surface area contributed by atoms with Gasteiger partial charge in [-0.1, -0.05) is 19.1 Å². The molecule has 0 saturated carbocycles.